The van der Waals surface area contributed by atoms with Crippen molar-refractivity contribution in [3.8, 4) is 0 Å². The molecule has 3 N–H and O–H groups in total. The lowest BCUT2D eigenvalue weighted by Crippen LogP contribution is -2.41. The quantitative estimate of drug-likeness (QED) is 0.349. The Morgan fingerprint density at radius 1 is 1.21 bits per heavy atom. The van der Waals surface area contributed by atoms with Crippen LogP contribution in [0, 0.1) is 12.7 Å². The molecule has 0 radical (unpaired) electrons. The predicted molar refractivity (Wildman–Crippen MR) is 115 cm³/mol. The van der Waals surface area contributed by atoms with Gasteiger partial charge in [0.2, 0.25) is 0 Å². The fourth-order valence-corrected chi connectivity index (χ4v) is 2.64. The summed E-state index contributed by atoms with van der Waals surface area (Å²) in [5, 5.41) is 6.14. The second-order valence-corrected chi connectivity index (χ2v) is 9.15. The first-order valence-corrected chi connectivity index (χ1v) is 9.47. The summed E-state index contributed by atoms with van der Waals surface area (Å²) in [5.41, 5.74) is -0.179. The summed E-state index contributed by atoms with van der Waals surface area (Å²) in [5.74, 6) is 4.22. The zero-order valence-corrected chi connectivity index (χ0v) is 18.4. The van der Waals surface area contributed by atoms with Gasteiger partial charge in [-0.05, 0) is 78.5 Å². The number of nitrogens with zero attached hydrogens (tertiary/aromatic N) is 2. The minimum Gasteiger partial charge on any atom is -0.399 e. The highest BCUT2D eigenvalue weighted by atomic mass is 19.1. The lowest BCUT2D eigenvalue weighted by Gasteiger charge is -2.32. The molecule has 1 aromatic rings. The molecule has 7 nitrogen and oxygen atoms in total. The Bertz CT molecular complexity index is 844. The van der Waals surface area contributed by atoms with E-state index in [9.17, 15) is 9.18 Å². The first-order valence-electron chi connectivity index (χ1n) is 9.47. The number of hydrogen-bond donors (Lipinski definition) is 2. The topological polar surface area (TPSA) is 98.3 Å². The van der Waals surface area contributed by atoms with E-state index in [1.165, 1.54) is 18.3 Å². The number of halogens is 1. The zero-order valence-electron chi connectivity index (χ0n) is 18.4. The number of anilines is 1. The number of benzene rings is 1. The molecule has 0 aliphatic carbocycles. The van der Waals surface area contributed by atoms with Crippen LogP contribution in [0.1, 0.15) is 54.0 Å². The van der Waals surface area contributed by atoms with Gasteiger partial charge in [-0.25, -0.2) is 4.39 Å². The number of carbonyl (C=O) groups is 1. The van der Waals surface area contributed by atoms with Crippen LogP contribution in [0.2, 0.25) is 0 Å². The molecule has 158 valence electrons. The van der Waals surface area contributed by atoms with Crippen molar-refractivity contribution in [2.24, 2.45) is 15.9 Å². The van der Waals surface area contributed by atoms with Gasteiger partial charge in [-0.3, -0.25) is 9.79 Å². The molecule has 0 saturated carbocycles. The van der Waals surface area contributed by atoms with Gasteiger partial charge in [0, 0.05) is 5.69 Å². The Kier molecular flexibility index (Phi) is 6.25. The summed E-state index contributed by atoms with van der Waals surface area (Å²) < 4.78 is 26.4. The Morgan fingerprint density at radius 3 is 2.24 bits per heavy atom. The van der Waals surface area contributed by atoms with Gasteiger partial charge < -0.3 is 20.5 Å². The minimum absolute atomic E-state index is 0.0687. The molecule has 0 spiro atoms. The Balaban J connectivity index is 2.32. The highest BCUT2D eigenvalue weighted by Crippen LogP contribution is 2.37. The van der Waals surface area contributed by atoms with Crippen molar-refractivity contribution < 1.29 is 18.5 Å². The Hall–Kier alpha value is -2.26. The molecule has 0 bridgehead atoms. The summed E-state index contributed by atoms with van der Waals surface area (Å²) in [7, 11) is -0.753. The van der Waals surface area contributed by atoms with E-state index in [2.05, 4.69) is 15.4 Å². The lowest BCUT2D eigenvalue weighted by molar-refractivity contribution is -0.110. The first-order chi connectivity index (χ1) is 13.2. The maximum Gasteiger partial charge on any atom is 0.495 e. The molecule has 0 unspecified atom stereocenters. The number of hydrazone groups is 1. The van der Waals surface area contributed by atoms with Crippen LogP contribution in [0.3, 0.4) is 0 Å². The van der Waals surface area contributed by atoms with Crippen molar-refractivity contribution in [2.75, 3.05) is 5.32 Å². The molecule has 1 heterocycles. The minimum atomic E-state index is -0.753. The van der Waals surface area contributed by atoms with Crippen LogP contribution in [0.5, 0.6) is 0 Å². The molecular formula is C20H30BFN4O3. The van der Waals surface area contributed by atoms with Crippen molar-refractivity contribution in [2.45, 2.75) is 72.1 Å². The van der Waals surface area contributed by atoms with Crippen LogP contribution in [-0.4, -0.2) is 41.7 Å². The van der Waals surface area contributed by atoms with E-state index < -0.39 is 35.6 Å². The lowest BCUT2D eigenvalue weighted by atomic mass is 9.75. The van der Waals surface area contributed by atoms with Gasteiger partial charge in [-0.1, -0.05) is 0 Å². The molecule has 1 aromatic carbocycles. The van der Waals surface area contributed by atoms with E-state index in [1.807, 2.05) is 48.5 Å². The van der Waals surface area contributed by atoms with E-state index in [-0.39, 0.29) is 11.4 Å². The van der Waals surface area contributed by atoms with Gasteiger partial charge in [0.25, 0.3) is 5.91 Å². The number of nitrogens with two attached hydrogens (primary N) is 1. The van der Waals surface area contributed by atoms with E-state index in [1.54, 1.807) is 6.92 Å². The SMILES string of the molecule is Cc1c(NC(=O)/C(C=NC(C)(C)C)=N/N)cc(F)cc1B1OC(C)(C)C(C)(C)O1. The summed E-state index contributed by atoms with van der Waals surface area (Å²) in [6.07, 6.45) is 1.30. The van der Waals surface area contributed by atoms with Gasteiger partial charge in [0.1, 0.15) is 5.82 Å². The molecule has 0 aromatic heterocycles. The van der Waals surface area contributed by atoms with Crippen LogP contribution >= 0.6 is 0 Å². The van der Waals surface area contributed by atoms with Crippen molar-refractivity contribution in [1.82, 2.24) is 0 Å². The number of nitrogens with one attached hydrogen (secondary N) is 1. The van der Waals surface area contributed by atoms with Crippen molar-refractivity contribution in [1.29, 1.82) is 0 Å². The smallest absolute Gasteiger partial charge is 0.399 e. The second-order valence-electron chi connectivity index (χ2n) is 9.15. The van der Waals surface area contributed by atoms with Gasteiger partial charge >= 0.3 is 7.12 Å². The largest absolute Gasteiger partial charge is 0.495 e. The number of carbonyl (C=O) groups excluding carboxylic acids is 1. The van der Waals surface area contributed by atoms with E-state index in [0.717, 1.165) is 0 Å². The van der Waals surface area contributed by atoms with E-state index in [0.29, 0.717) is 11.0 Å². The molecule has 1 fully saturated rings. The zero-order chi connectivity index (χ0) is 22.2. The molecule has 9 heteroatoms. The summed E-state index contributed by atoms with van der Waals surface area (Å²) in [6.45, 7) is 15.1. The summed E-state index contributed by atoms with van der Waals surface area (Å²) in [4.78, 5) is 16.8. The number of aliphatic imine (C=N–C) groups is 1. The standard InChI is InChI=1S/C20H30BFN4O3/c1-12-14(21-28-19(5,6)20(7,8)29-21)9-13(22)10-15(12)25-17(27)16(26-23)11-24-18(2,3)4/h9-11H,23H2,1-8H3,(H,25,27)/b24-11?,26-16+. The van der Waals surface area contributed by atoms with Crippen LogP contribution in [0.4, 0.5) is 10.1 Å². The van der Waals surface area contributed by atoms with Crippen molar-refractivity contribution in [3.05, 3.63) is 23.5 Å². The van der Waals surface area contributed by atoms with E-state index in [4.69, 9.17) is 15.2 Å². The fraction of sp³-hybridized carbons (Fsp3) is 0.550. The molecule has 1 saturated heterocycles. The fourth-order valence-electron chi connectivity index (χ4n) is 2.64. The summed E-state index contributed by atoms with van der Waals surface area (Å²) in [6, 6.07) is 2.59. The van der Waals surface area contributed by atoms with Gasteiger partial charge in [-0.15, -0.1) is 0 Å². The number of hydrogen-bond acceptors (Lipinski definition) is 6. The molecule has 29 heavy (non-hydrogen) atoms. The molecular weight excluding hydrogens is 374 g/mol. The predicted octanol–water partition coefficient (Wildman–Crippen LogP) is 2.56. The van der Waals surface area contributed by atoms with Crippen molar-refractivity contribution in [3.63, 3.8) is 0 Å². The highest BCUT2D eigenvalue weighted by molar-refractivity contribution is 6.64. The number of rotatable bonds is 4. The average molecular weight is 404 g/mol. The van der Waals surface area contributed by atoms with Crippen LogP contribution < -0.4 is 16.6 Å². The van der Waals surface area contributed by atoms with E-state index >= 15 is 0 Å². The average Bonchev–Trinajstić information content (AvgIpc) is 2.77. The normalized spacial score (nSPS) is 19.1. The third-order valence-electron chi connectivity index (χ3n) is 5.11. The third-order valence-corrected chi connectivity index (χ3v) is 5.11. The monoisotopic (exact) mass is 404 g/mol. The summed E-state index contributed by atoms with van der Waals surface area (Å²) >= 11 is 0. The Morgan fingerprint density at radius 2 is 1.76 bits per heavy atom. The van der Waals surface area contributed by atoms with Gasteiger partial charge in [0.15, 0.2) is 5.71 Å². The van der Waals surface area contributed by atoms with Crippen LogP contribution in [0.25, 0.3) is 0 Å². The second kappa shape index (κ2) is 7.87. The molecule has 1 amide bonds. The first kappa shape index (κ1) is 23.0. The van der Waals surface area contributed by atoms with Gasteiger partial charge in [0.05, 0.1) is 23.0 Å². The maximum absolute atomic E-state index is 14.3. The maximum atomic E-state index is 14.3. The van der Waals surface area contributed by atoms with Crippen molar-refractivity contribution >= 4 is 36.1 Å². The highest BCUT2D eigenvalue weighted by Gasteiger charge is 2.52. The molecule has 1 aliphatic heterocycles. The molecule has 0 atom stereocenters. The third kappa shape index (κ3) is 5.22. The van der Waals surface area contributed by atoms with Gasteiger partial charge in [-0.2, -0.15) is 5.10 Å². The number of amides is 1. The van der Waals surface area contributed by atoms with Crippen LogP contribution in [0.15, 0.2) is 22.2 Å². The Labute approximate surface area is 172 Å². The molecule has 2 rings (SSSR count). The molecule has 1 aliphatic rings. The van der Waals surface area contributed by atoms with Crippen LogP contribution in [-0.2, 0) is 14.1 Å².